The molecule has 4 nitrogen and oxygen atoms in total. The Morgan fingerprint density at radius 1 is 1.21 bits per heavy atom. The zero-order valence-corrected chi connectivity index (χ0v) is 12.0. The van der Waals surface area contributed by atoms with Gasteiger partial charge in [0.2, 0.25) is 10.0 Å². The van der Waals surface area contributed by atoms with Gasteiger partial charge in [-0.25, -0.2) is 12.7 Å². The molecule has 0 amide bonds. The van der Waals surface area contributed by atoms with Crippen LogP contribution in [0.5, 0.6) is 0 Å². The second kappa shape index (κ2) is 4.35. The molecule has 0 unspecified atom stereocenters. The number of fused-ring (bicyclic) bond motifs is 3. The lowest BCUT2D eigenvalue weighted by Crippen LogP contribution is -2.32. The molecule has 19 heavy (non-hydrogen) atoms. The van der Waals surface area contributed by atoms with Crippen molar-refractivity contribution in [3.63, 3.8) is 0 Å². The summed E-state index contributed by atoms with van der Waals surface area (Å²) in [5.41, 5.74) is 4.86. The lowest BCUT2D eigenvalue weighted by Gasteiger charge is -2.16. The summed E-state index contributed by atoms with van der Waals surface area (Å²) >= 11 is 0. The maximum atomic E-state index is 11.6. The summed E-state index contributed by atoms with van der Waals surface area (Å²) in [6, 6.07) is 6.38. The number of aromatic amines is 1. The minimum atomic E-state index is -3.09. The lowest BCUT2D eigenvalue weighted by molar-refractivity contribution is 0.430. The largest absolute Gasteiger partial charge is 0.358 e. The summed E-state index contributed by atoms with van der Waals surface area (Å²) in [6.45, 7) is 3.22. The minimum Gasteiger partial charge on any atom is -0.358 e. The van der Waals surface area contributed by atoms with Gasteiger partial charge < -0.3 is 4.98 Å². The average molecular weight is 278 g/mol. The second-order valence-electron chi connectivity index (χ2n) is 5.29. The number of hydrogen-bond donors (Lipinski definition) is 1. The van der Waals surface area contributed by atoms with Crippen LogP contribution in [-0.2, 0) is 22.9 Å². The molecule has 1 aromatic heterocycles. The van der Waals surface area contributed by atoms with Gasteiger partial charge in [0, 0.05) is 36.1 Å². The third-order valence-electron chi connectivity index (χ3n) is 3.84. The highest BCUT2D eigenvalue weighted by Gasteiger charge is 2.23. The molecule has 1 N–H and O–H groups in total. The third-order valence-corrected chi connectivity index (χ3v) is 5.14. The van der Waals surface area contributed by atoms with E-state index in [0.29, 0.717) is 13.1 Å². The van der Waals surface area contributed by atoms with Crippen LogP contribution in [0.15, 0.2) is 18.2 Å². The molecule has 2 heterocycles. The molecule has 1 aliphatic rings. The molecule has 102 valence electrons. The van der Waals surface area contributed by atoms with E-state index in [0.717, 1.165) is 18.4 Å². The molecule has 0 atom stereocenters. The van der Waals surface area contributed by atoms with Gasteiger partial charge in [-0.3, -0.25) is 0 Å². The van der Waals surface area contributed by atoms with E-state index in [1.807, 2.05) is 0 Å². The van der Waals surface area contributed by atoms with Gasteiger partial charge in [-0.15, -0.1) is 0 Å². The Hall–Kier alpha value is -1.33. The Kier molecular flexibility index (Phi) is 2.91. The number of aromatic nitrogens is 1. The summed E-state index contributed by atoms with van der Waals surface area (Å²) in [4.78, 5) is 3.43. The van der Waals surface area contributed by atoms with Gasteiger partial charge in [0.1, 0.15) is 0 Å². The van der Waals surface area contributed by atoms with Crippen LogP contribution in [0.4, 0.5) is 0 Å². The first-order valence-corrected chi connectivity index (χ1v) is 8.35. The summed E-state index contributed by atoms with van der Waals surface area (Å²) in [5, 5.41) is 1.24. The first kappa shape index (κ1) is 12.7. The smallest absolute Gasteiger partial charge is 0.211 e. The number of nitrogens with one attached hydrogen (secondary N) is 1. The predicted molar refractivity (Wildman–Crippen MR) is 76.9 cm³/mol. The van der Waals surface area contributed by atoms with Crippen molar-refractivity contribution in [2.24, 2.45) is 0 Å². The molecule has 2 aromatic rings. The summed E-state index contributed by atoms with van der Waals surface area (Å²) in [6.07, 6.45) is 2.83. The zero-order chi connectivity index (χ0) is 13.6. The number of sulfonamides is 1. The van der Waals surface area contributed by atoms with E-state index in [2.05, 4.69) is 30.1 Å². The van der Waals surface area contributed by atoms with Crippen LogP contribution in [0.1, 0.15) is 16.8 Å². The number of benzene rings is 1. The molecule has 3 rings (SSSR count). The maximum absolute atomic E-state index is 11.6. The van der Waals surface area contributed by atoms with Gasteiger partial charge in [-0.1, -0.05) is 11.6 Å². The number of rotatable bonds is 1. The van der Waals surface area contributed by atoms with Gasteiger partial charge in [0.25, 0.3) is 0 Å². The molecule has 0 aliphatic carbocycles. The first-order chi connectivity index (χ1) is 8.95. The molecule has 5 heteroatoms. The van der Waals surface area contributed by atoms with Gasteiger partial charge >= 0.3 is 0 Å². The van der Waals surface area contributed by atoms with Crippen LogP contribution in [-0.4, -0.2) is 37.1 Å². The van der Waals surface area contributed by atoms with Crippen LogP contribution in [0, 0.1) is 6.92 Å². The Morgan fingerprint density at radius 3 is 2.68 bits per heavy atom. The highest BCUT2D eigenvalue weighted by molar-refractivity contribution is 7.88. The normalized spacial score (nSPS) is 17.4. The van der Waals surface area contributed by atoms with E-state index in [4.69, 9.17) is 0 Å². The van der Waals surface area contributed by atoms with E-state index in [1.165, 1.54) is 28.5 Å². The van der Waals surface area contributed by atoms with E-state index < -0.39 is 10.0 Å². The zero-order valence-electron chi connectivity index (χ0n) is 11.2. The van der Waals surface area contributed by atoms with Gasteiger partial charge in [-0.05, 0) is 31.0 Å². The highest BCUT2D eigenvalue weighted by Crippen LogP contribution is 2.27. The van der Waals surface area contributed by atoms with Crippen molar-refractivity contribution in [1.82, 2.24) is 9.29 Å². The first-order valence-electron chi connectivity index (χ1n) is 6.50. The van der Waals surface area contributed by atoms with Crippen LogP contribution in [0.2, 0.25) is 0 Å². The van der Waals surface area contributed by atoms with Crippen molar-refractivity contribution in [2.45, 2.75) is 19.8 Å². The highest BCUT2D eigenvalue weighted by atomic mass is 32.2. The molecular weight excluding hydrogens is 260 g/mol. The van der Waals surface area contributed by atoms with E-state index in [-0.39, 0.29) is 0 Å². The van der Waals surface area contributed by atoms with Gasteiger partial charge in [0.15, 0.2) is 0 Å². The molecule has 1 aromatic carbocycles. The predicted octanol–water partition coefficient (Wildman–Crippen LogP) is 1.84. The number of aryl methyl sites for hydroxylation is 1. The minimum absolute atomic E-state index is 0.567. The summed E-state index contributed by atoms with van der Waals surface area (Å²) in [7, 11) is -3.09. The molecule has 0 saturated heterocycles. The molecule has 0 fully saturated rings. The van der Waals surface area contributed by atoms with Crippen molar-refractivity contribution >= 4 is 20.9 Å². The van der Waals surface area contributed by atoms with E-state index in [9.17, 15) is 8.42 Å². The Balaban J connectivity index is 2.03. The molecule has 0 radical (unpaired) electrons. The van der Waals surface area contributed by atoms with Crippen molar-refractivity contribution in [1.29, 1.82) is 0 Å². The SMILES string of the molecule is Cc1ccc2[nH]c3c(c2c1)CCN(S(C)(=O)=O)CC3. The summed E-state index contributed by atoms with van der Waals surface area (Å²) in [5.74, 6) is 0. The van der Waals surface area contributed by atoms with Crippen LogP contribution in [0.3, 0.4) is 0 Å². The van der Waals surface area contributed by atoms with E-state index in [1.54, 1.807) is 4.31 Å². The van der Waals surface area contributed by atoms with Crippen LogP contribution >= 0.6 is 0 Å². The van der Waals surface area contributed by atoms with Gasteiger partial charge in [-0.2, -0.15) is 0 Å². The molecule has 0 bridgehead atoms. The van der Waals surface area contributed by atoms with Crippen LogP contribution < -0.4 is 0 Å². The monoisotopic (exact) mass is 278 g/mol. The topological polar surface area (TPSA) is 53.2 Å². The molecular formula is C14H18N2O2S. The lowest BCUT2D eigenvalue weighted by atomic mass is 10.1. The molecule has 0 spiro atoms. The Labute approximate surface area is 113 Å². The fourth-order valence-corrected chi connectivity index (χ4v) is 3.68. The maximum Gasteiger partial charge on any atom is 0.211 e. The standard InChI is InChI=1S/C14H18N2O2S/c1-10-3-4-13-12(9-10)11-5-7-16(19(2,17)18)8-6-14(11)15-13/h3-4,9,15H,5-8H2,1-2H3. The van der Waals surface area contributed by atoms with Gasteiger partial charge in [0.05, 0.1) is 6.26 Å². The quantitative estimate of drug-likeness (QED) is 0.865. The van der Waals surface area contributed by atoms with Crippen molar-refractivity contribution in [2.75, 3.05) is 19.3 Å². The number of hydrogen-bond acceptors (Lipinski definition) is 2. The molecule has 0 saturated carbocycles. The second-order valence-corrected chi connectivity index (χ2v) is 7.28. The van der Waals surface area contributed by atoms with Crippen molar-refractivity contribution < 1.29 is 8.42 Å². The summed E-state index contributed by atoms with van der Waals surface area (Å²) < 4.78 is 24.9. The third kappa shape index (κ3) is 2.28. The Morgan fingerprint density at radius 2 is 1.95 bits per heavy atom. The average Bonchev–Trinajstić information content (AvgIpc) is 2.53. The fourth-order valence-electron chi connectivity index (χ4n) is 2.83. The number of H-pyrrole nitrogens is 1. The van der Waals surface area contributed by atoms with Crippen molar-refractivity contribution in [3.8, 4) is 0 Å². The fraction of sp³-hybridized carbons (Fsp3) is 0.429. The van der Waals surface area contributed by atoms with Crippen LogP contribution in [0.25, 0.3) is 10.9 Å². The molecule has 1 aliphatic heterocycles. The van der Waals surface area contributed by atoms with E-state index >= 15 is 0 Å². The number of nitrogens with zero attached hydrogens (tertiary/aromatic N) is 1. The Bertz CT molecular complexity index is 731. The van der Waals surface area contributed by atoms with Crippen molar-refractivity contribution in [3.05, 3.63) is 35.0 Å².